The summed E-state index contributed by atoms with van der Waals surface area (Å²) in [5.74, 6) is -1.51. The molecule has 0 spiro atoms. The maximum absolute atomic E-state index is 12.1. The van der Waals surface area contributed by atoms with E-state index < -0.39 is 18.2 Å². The maximum atomic E-state index is 12.1. The molecule has 0 radical (unpaired) electrons. The molecular formula is C14H19NO5. The largest absolute Gasteiger partial charge is 0.479 e. The number of amides is 1. The normalized spacial score (nSPS) is 13.5. The molecule has 0 aromatic heterocycles. The van der Waals surface area contributed by atoms with Crippen LogP contribution in [-0.4, -0.2) is 43.3 Å². The van der Waals surface area contributed by atoms with Crippen molar-refractivity contribution >= 4 is 11.9 Å². The molecule has 2 N–H and O–H groups in total. The fourth-order valence-corrected chi connectivity index (χ4v) is 1.68. The van der Waals surface area contributed by atoms with Crippen LogP contribution in [0.3, 0.4) is 0 Å². The number of rotatable bonds is 8. The van der Waals surface area contributed by atoms with Crippen molar-refractivity contribution in [1.82, 2.24) is 5.32 Å². The van der Waals surface area contributed by atoms with Gasteiger partial charge in [0.2, 0.25) is 0 Å². The van der Waals surface area contributed by atoms with Crippen molar-refractivity contribution in [3.05, 3.63) is 35.9 Å². The van der Waals surface area contributed by atoms with E-state index in [-0.39, 0.29) is 12.5 Å². The van der Waals surface area contributed by atoms with Gasteiger partial charge in [-0.2, -0.15) is 0 Å². The van der Waals surface area contributed by atoms with Gasteiger partial charge < -0.3 is 19.9 Å². The van der Waals surface area contributed by atoms with Gasteiger partial charge in [-0.1, -0.05) is 30.3 Å². The molecule has 2 atom stereocenters. The van der Waals surface area contributed by atoms with Gasteiger partial charge in [-0.05, 0) is 12.5 Å². The van der Waals surface area contributed by atoms with E-state index in [9.17, 15) is 9.59 Å². The van der Waals surface area contributed by atoms with Crippen LogP contribution in [0.25, 0.3) is 0 Å². The van der Waals surface area contributed by atoms with Crippen LogP contribution >= 0.6 is 0 Å². The summed E-state index contributed by atoms with van der Waals surface area (Å²) < 4.78 is 10.2. The first-order valence-corrected chi connectivity index (χ1v) is 6.30. The number of hydrogen-bond donors (Lipinski definition) is 2. The van der Waals surface area contributed by atoms with Crippen LogP contribution in [0, 0.1) is 0 Å². The van der Waals surface area contributed by atoms with Crippen LogP contribution in [0.2, 0.25) is 0 Å². The Hall–Kier alpha value is -1.92. The van der Waals surface area contributed by atoms with Crippen molar-refractivity contribution in [2.45, 2.75) is 19.1 Å². The Morgan fingerprint density at radius 3 is 2.45 bits per heavy atom. The van der Waals surface area contributed by atoms with E-state index >= 15 is 0 Å². The molecule has 6 heteroatoms. The summed E-state index contributed by atoms with van der Waals surface area (Å²) in [6.07, 6.45) is -1.83. The molecule has 0 aliphatic carbocycles. The van der Waals surface area contributed by atoms with Crippen molar-refractivity contribution in [2.24, 2.45) is 0 Å². The summed E-state index contributed by atoms with van der Waals surface area (Å²) in [4.78, 5) is 22.9. The molecule has 0 aliphatic rings. The lowest BCUT2D eigenvalue weighted by Crippen LogP contribution is -2.40. The lowest BCUT2D eigenvalue weighted by molar-refractivity contribution is -0.148. The smallest absolute Gasteiger partial charge is 0.334 e. The number of carbonyl (C=O) groups excluding carboxylic acids is 1. The lowest BCUT2D eigenvalue weighted by Gasteiger charge is -2.18. The van der Waals surface area contributed by atoms with Gasteiger partial charge in [0.1, 0.15) is 0 Å². The van der Waals surface area contributed by atoms with Gasteiger partial charge in [0.15, 0.2) is 12.2 Å². The van der Waals surface area contributed by atoms with Gasteiger partial charge in [0.05, 0.1) is 6.54 Å². The number of methoxy groups -OCH3 is 1. The predicted octanol–water partition coefficient (Wildman–Crippen LogP) is 0.980. The molecule has 0 fully saturated rings. The molecule has 0 saturated heterocycles. The Balaban J connectivity index is 2.68. The van der Waals surface area contributed by atoms with Gasteiger partial charge in [0.25, 0.3) is 5.91 Å². The molecule has 20 heavy (non-hydrogen) atoms. The number of carboxylic acids is 1. The first-order chi connectivity index (χ1) is 9.60. The van der Waals surface area contributed by atoms with Gasteiger partial charge >= 0.3 is 5.97 Å². The summed E-state index contributed by atoms with van der Waals surface area (Å²) in [6, 6.07) is 9.03. The average molecular weight is 281 g/mol. The van der Waals surface area contributed by atoms with Crippen LogP contribution < -0.4 is 5.32 Å². The number of benzene rings is 1. The van der Waals surface area contributed by atoms with E-state index in [1.54, 1.807) is 19.1 Å². The first kappa shape index (κ1) is 16.1. The first-order valence-electron chi connectivity index (χ1n) is 6.30. The predicted molar refractivity (Wildman–Crippen MR) is 72.3 cm³/mol. The minimum atomic E-state index is -1.12. The fourth-order valence-electron chi connectivity index (χ4n) is 1.68. The Morgan fingerprint density at radius 1 is 1.30 bits per heavy atom. The van der Waals surface area contributed by atoms with E-state index in [1.165, 1.54) is 7.11 Å². The number of carboxylic acid groups (broad SMARTS) is 1. The summed E-state index contributed by atoms with van der Waals surface area (Å²) in [5.41, 5.74) is 0.719. The molecule has 0 heterocycles. The molecule has 0 bridgehead atoms. The molecule has 110 valence electrons. The summed E-state index contributed by atoms with van der Waals surface area (Å²) in [6.45, 7) is 2.05. The van der Waals surface area contributed by atoms with E-state index in [0.29, 0.717) is 6.61 Å². The zero-order valence-corrected chi connectivity index (χ0v) is 11.5. The Morgan fingerprint density at radius 2 is 1.95 bits per heavy atom. The highest BCUT2D eigenvalue weighted by molar-refractivity contribution is 5.83. The molecule has 1 aromatic carbocycles. The van der Waals surface area contributed by atoms with Crippen molar-refractivity contribution in [3.63, 3.8) is 0 Å². The average Bonchev–Trinajstić information content (AvgIpc) is 2.45. The quantitative estimate of drug-likeness (QED) is 0.742. The highest BCUT2D eigenvalue weighted by Crippen LogP contribution is 2.17. The second kappa shape index (κ2) is 8.29. The van der Waals surface area contributed by atoms with Crippen LogP contribution in [-0.2, 0) is 19.1 Å². The van der Waals surface area contributed by atoms with Crippen LogP contribution in [0.1, 0.15) is 18.6 Å². The molecule has 0 saturated carbocycles. The third-order valence-electron chi connectivity index (χ3n) is 2.70. The van der Waals surface area contributed by atoms with Crippen LogP contribution in [0.15, 0.2) is 30.3 Å². The number of carbonyl (C=O) groups is 2. The standard InChI is InChI=1S/C14H19NO5/c1-3-20-12(10-7-5-4-6-8-10)13(16)15-9-11(19-2)14(17)18/h4-8,11-12H,3,9H2,1-2H3,(H,15,16)(H,17,18). The number of aliphatic carboxylic acids is 1. The van der Waals surface area contributed by atoms with Gasteiger partial charge in [-0.3, -0.25) is 4.79 Å². The lowest BCUT2D eigenvalue weighted by atomic mass is 10.1. The van der Waals surface area contributed by atoms with Crippen molar-refractivity contribution in [3.8, 4) is 0 Å². The van der Waals surface area contributed by atoms with E-state index in [0.717, 1.165) is 5.56 Å². The Kier molecular flexibility index (Phi) is 6.69. The topological polar surface area (TPSA) is 84.9 Å². The number of hydrogen-bond acceptors (Lipinski definition) is 4. The number of nitrogens with one attached hydrogen (secondary N) is 1. The summed E-state index contributed by atoms with van der Waals surface area (Å²) in [5, 5.41) is 11.4. The van der Waals surface area contributed by atoms with Gasteiger partial charge in [-0.15, -0.1) is 0 Å². The van der Waals surface area contributed by atoms with Crippen LogP contribution in [0.5, 0.6) is 0 Å². The summed E-state index contributed by atoms with van der Waals surface area (Å²) >= 11 is 0. The third kappa shape index (κ3) is 4.64. The molecular weight excluding hydrogens is 262 g/mol. The van der Waals surface area contributed by atoms with Gasteiger partial charge in [0, 0.05) is 13.7 Å². The van der Waals surface area contributed by atoms with Crippen molar-refractivity contribution in [1.29, 1.82) is 0 Å². The van der Waals surface area contributed by atoms with Crippen molar-refractivity contribution in [2.75, 3.05) is 20.3 Å². The minimum absolute atomic E-state index is 0.110. The molecule has 0 aliphatic heterocycles. The minimum Gasteiger partial charge on any atom is -0.479 e. The summed E-state index contributed by atoms with van der Waals surface area (Å²) in [7, 11) is 1.28. The fraction of sp³-hybridized carbons (Fsp3) is 0.429. The molecule has 1 aromatic rings. The van der Waals surface area contributed by atoms with E-state index in [4.69, 9.17) is 14.6 Å². The second-order valence-corrected chi connectivity index (χ2v) is 4.05. The van der Waals surface area contributed by atoms with E-state index in [2.05, 4.69) is 5.32 Å². The molecule has 1 amide bonds. The monoisotopic (exact) mass is 281 g/mol. The number of ether oxygens (including phenoxy) is 2. The van der Waals surface area contributed by atoms with Crippen molar-refractivity contribution < 1.29 is 24.2 Å². The second-order valence-electron chi connectivity index (χ2n) is 4.05. The highest BCUT2D eigenvalue weighted by atomic mass is 16.5. The van der Waals surface area contributed by atoms with Crippen LogP contribution in [0.4, 0.5) is 0 Å². The Bertz CT molecular complexity index is 434. The van der Waals surface area contributed by atoms with Gasteiger partial charge in [-0.25, -0.2) is 4.79 Å². The molecule has 6 nitrogen and oxygen atoms in total. The molecule has 2 unspecified atom stereocenters. The molecule has 1 rings (SSSR count). The zero-order valence-electron chi connectivity index (χ0n) is 11.5. The zero-order chi connectivity index (χ0) is 15.0. The Labute approximate surface area is 117 Å². The third-order valence-corrected chi connectivity index (χ3v) is 2.70. The SMILES string of the molecule is CCOC(C(=O)NCC(OC)C(=O)O)c1ccccc1. The maximum Gasteiger partial charge on any atom is 0.334 e. The highest BCUT2D eigenvalue weighted by Gasteiger charge is 2.23. The van der Waals surface area contributed by atoms with E-state index in [1.807, 2.05) is 18.2 Å².